The monoisotopic (exact) mass is 553 g/mol. The maximum absolute atomic E-state index is 11.0. The number of nitrogens with zero attached hydrogens (tertiary/aromatic N) is 3. The van der Waals surface area contributed by atoms with Crippen molar-refractivity contribution in [3.05, 3.63) is 40.9 Å². The van der Waals surface area contributed by atoms with E-state index in [9.17, 15) is 13.9 Å². The molecular weight excluding hydrogens is 524 g/mol. The molecule has 4 atom stereocenters. The number of hydrogen-bond acceptors (Lipinski definition) is 9. The molecule has 0 spiro atoms. The van der Waals surface area contributed by atoms with Gasteiger partial charge >= 0.3 is 0 Å². The van der Waals surface area contributed by atoms with Crippen LogP contribution in [0, 0.1) is 0 Å². The van der Waals surface area contributed by atoms with Gasteiger partial charge in [-0.1, -0.05) is 35.9 Å². The predicted molar refractivity (Wildman–Crippen MR) is 138 cm³/mol. The average molecular weight is 554 g/mol. The highest BCUT2D eigenvalue weighted by atomic mass is 35.5. The Morgan fingerprint density at radius 3 is 2.37 bits per heavy atom. The number of pyridine rings is 1. The highest BCUT2D eigenvalue weighted by Crippen LogP contribution is 2.32. The molecule has 0 unspecified atom stereocenters. The number of aromatic nitrogens is 3. The number of alkyl halides is 2. The molecule has 0 amide bonds. The molecule has 5 heterocycles. The van der Waals surface area contributed by atoms with Crippen molar-refractivity contribution in [3.8, 4) is 17.3 Å². The van der Waals surface area contributed by atoms with Gasteiger partial charge in [0.15, 0.2) is 11.8 Å². The van der Waals surface area contributed by atoms with Crippen molar-refractivity contribution in [1.29, 1.82) is 0 Å². The van der Waals surface area contributed by atoms with Crippen LogP contribution in [0.3, 0.4) is 0 Å². The molecule has 2 fully saturated rings. The van der Waals surface area contributed by atoms with Crippen LogP contribution in [-0.2, 0) is 9.47 Å². The van der Waals surface area contributed by atoms with Crippen molar-refractivity contribution < 1.29 is 33.2 Å². The summed E-state index contributed by atoms with van der Waals surface area (Å²) in [5, 5.41) is 20.7. The minimum Gasteiger partial charge on any atom is -0.456 e. The zero-order valence-electron chi connectivity index (χ0n) is 21.1. The van der Waals surface area contributed by atoms with Crippen molar-refractivity contribution >= 4 is 28.6 Å². The van der Waals surface area contributed by atoms with E-state index in [2.05, 4.69) is 25.3 Å². The fraction of sp³-hybridized carbons (Fsp3) is 0.480. The Morgan fingerprint density at radius 1 is 1.05 bits per heavy atom. The van der Waals surface area contributed by atoms with E-state index in [-0.39, 0.29) is 24.9 Å². The summed E-state index contributed by atoms with van der Waals surface area (Å²) in [6.45, 7) is 3.95. The highest BCUT2D eigenvalue weighted by molar-refractivity contribution is 6.33. The topological polar surface area (TPSA) is 134 Å². The van der Waals surface area contributed by atoms with E-state index in [1.54, 1.807) is 6.07 Å². The number of hydrogen-bond donors (Lipinski definition) is 4. The second kappa shape index (κ2) is 11.9. The van der Waals surface area contributed by atoms with Gasteiger partial charge < -0.3 is 34.7 Å². The number of H-pyrrole nitrogens is 1. The number of aliphatic hydroxyl groups is 2. The molecule has 0 saturated carbocycles. The second-order valence-corrected chi connectivity index (χ2v) is 9.52. The lowest BCUT2D eigenvalue weighted by Gasteiger charge is -2.15. The van der Waals surface area contributed by atoms with Gasteiger partial charge in [0.1, 0.15) is 24.1 Å². The summed E-state index contributed by atoms with van der Waals surface area (Å²) < 4.78 is 39.2. The van der Waals surface area contributed by atoms with Gasteiger partial charge in [-0.3, -0.25) is 4.99 Å². The molecule has 3 aliphatic rings. The van der Waals surface area contributed by atoms with Crippen LogP contribution in [0.4, 0.5) is 8.78 Å². The fourth-order valence-corrected chi connectivity index (χ4v) is 4.48. The van der Waals surface area contributed by atoms with Gasteiger partial charge in [-0.25, -0.2) is 13.8 Å². The first-order valence-electron chi connectivity index (χ1n) is 12.0. The molecule has 13 heteroatoms. The smallest absolute Gasteiger partial charge is 0.296 e. The first kappa shape index (κ1) is 28.1. The number of amidine groups is 1. The number of aromatic amines is 1. The third kappa shape index (κ3) is 6.56. The molecule has 0 bridgehead atoms. The summed E-state index contributed by atoms with van der Waals surface area (Å²) in [6.07, 6.45) is -1.65. The number of halogens is 3. The Kier molecular flexibility index (Phi) is 8.78. The van der Waals surface area contributed by atoms with Gasteiger partial charge in [-0.2, -0.15) is 4.98 Å². The molecule has 3 aliphatic heterocycles. The number of rotatable bonds is 4. The van der Waals surface area contributed by atoms with Crippen LogP contribution in [-0.4, -0.2) is 94.8 Å². The van der Waals surface area contributed by atoms with Crippen LogP contribution >= 0.6 is 11.6 Å². The van der Waals surface area contributed by atoms with E-state index < -0.39 is 12.0 Å². The van der Waals surface area contributed by atoms with Gasteiger partial charge in [0.05, 0.1) is 36.0 Å². The van der Waals surface area contributed by atoms with E-state index in [1.807, 2.05) is 24.3 Å². The molecule has 206 valence electrons. The minimum atomic E-state index is -2.50. The molecule has 3 aromatic rings. The highest BCUT2D eigenvalue weighted by Gasteiger charge is 2.48. The summed E-state index contributed by atoms with van der Waals surface area (Å²) in [7, 11) is 1.00. The molecular formula is C25H30ClF2N5O5. The zero-order valence-corrected chi connectivity index (χ0v) is 21.9. The normalized spacial score (nSPS) is 24.1. The van der Waals surface area contributed by atoms with Crippen LogP contribution in [0.5, 0.6) is 6.01 Å². The number of ether oxygens (including phenoxy) is 3. The van der Waals surface area contributed by atoms with Gasteiger partial charge in [0, 0.05) is 24.8 Å². The lowest BCUT2D eigenvalue weighted by Crippen LogP contribution is -2.34. The number of benzene rings is 1. The summed E-state index contributed by atoms with van der Waals surface area (Å²) in [5.74, 6) is -1.59. The molecule has 0 aliphatic carbocycles. The third-order valence-corrected chi connectivity index (χ3v) is 6.04. The Bertz CT molecular complexity index is 1260. The van der Waals surface area contributed by atoms with Gasteiger partial charge in [-0.15, -0.1) is 0 Å². The van der Waals surface area contributed by atoms with E-state index in [4.69, 9.17) is 30.9 Å². The van der Waals surface area contributed by atoms with Crippen molar-refractivity contribution in [2.45, 2.75) is 44.2 Å². The van der Waals surface area contributed by atoms with Crippen molar-refractivity contribution in [2.24, 2.45) is 4.99 Å². The van der Waals surface area contributed by atoms with Crippen molar-refractivity contribution in [1.82, 2.24) is 20.3 Å². The largest absolute Gasteiger partial charge is 0.456 e. The predicted octanol–water partition coefficient (Wildman–Crippen LogP) is 2.80. The van der Waals surface area contributed by atoms with Crippen molar-refractivity contribution in [3.63, 3.8) is 0 Å². The summed E-state index contributed by atoms with van der Waals surface area (Å²) in [5.41, 5.74) is 3.74. The molecule has 0 radical (unpaired) electrons. The lowest BCUT2D eigenvalue weighted by molar-refractivity contribution is 0.00706. The molecule has 2 saturated heterocycles. The van der Waals surface area contributed by atoms with E-state index in [1.165, 1.54) is 0 Å². The van der Waals surface area contributed by atoms with Crippen LogP contribution < -0.4 is 10.1 Å². The molecule has 1 aromatic carbocycles. The summed E-state index contributed by atoms with van der Waals surface area (Å²) in [6, 6.07) is 10.1. The van der Waals surface area contributed by atoms with Crippen molar-refractivity contribution in [2.75, 3.05) is 33.4 Å². The maximum Gasteiger partial charge on any atom is 0.296 e. The summed E-state index contributed by atoms with van der Waals surface area (Å²) >= 11 is 6.52. The number of imidazole rings is 1. The standard InChI is InChI=1S/C21H20ClN5O4.C3H6F2.CH4O/c22-12-7-13-20(26-16(12)10-1-3-11(4-2-10)19-23-5-6-24-19)27-21(25-13)31-15-9-30-17-14(28)8-29-18(15)17;1-3(2,4)5;1-2/h1-4,7,14-15,17-18,28H,5-6,8-9H2,(H,23,24)(H,25,26,27);1-2H3;2H,1H3/t14-,15-,17-,18-;;/m1../s1. The second-order valence-electron chi connectivity index (χ2n) is 9.11. The Balaban J connectivity index is 0.000000434. The minimum absolute atomic E-state index is 0.248. The molecule has 2 aromatic heterocycles. The van der Waals surface area contributed by atoms with Gasteiger partial charge in [0.2, 0.25) is 5.92 Å². The van der Waals surface area contributed by atoms with Crippen LogP contribution in [0.2, 0.25) is 5.02 Å². The van der Waals surface area contributed by atoms with Crippen LogP contribution in [0.1, 0.15) is 19.4 Å². The quantitative estimate of drug-likeness (QED) is 0.387. The van der Waals surface area contributed by atoms with E-state index >= 15 is 0 Å². The van der Waals surface area contributed by atoms with Crippen LogP contribution in [0.15, 0.2) is 35.3 Å². The molecule has 38 heavy (non-hydrogen) atoms. The van der Waals surface area contributed by atoms with Gasteiger partial charge in [0.25, 0.3) is 6.01 Å². The number of fused-ring (bicyclic) bond motifs is 2. The number of aliphatic hydroxyl groups excluding tert-OH is 2. The third-order valence-electron chi connectivity index (χ3n) is 5.76. The first-order chi connectivity index (χ1) is 18.2. The average Bonchev–Trinajstić information content (AvgIpc) is 3.67. The SMILES string of the molecule is CC(C)(F)F.CO.O[C@@H]1CO[C@H]2[C@@H]1OC[C@H]2Oc1nc2nc(-c3ccc(C4=NCCN4)cc3)c(Cl)cc2[nH]1. The number of aliphatic imine (C=N–C) groups is 1. The van der Waals surface area contributed by atoms with Gasteiger partial charge in [-0.05, 0) is 19.9 Å². The summed E-state index contributed by atoms with van der Waals surface area (Å²) in [4.78, 5) is 16.7. The Labute approximate surface area is 223 Å². The number of nitrogens with one attached hydrogen (secondary N) is 2. The first-order valence-corrected chi connectivity index (χ1v) is 12.4. The zero-order chi connectivity index (χ0) is 27.4. The van der Waals surface area contributed by atoms with E-state index in [0.29, 0.717) is 34.5 Å². The Hall–Kier alpha value is -2.90. The fourth-order valence-electron chi connectivity index (χ4n) is 4.22. The molecule has 10 nitrogen and oxygen atoms in total. The molecule has 6 rings (SSSR count). The van der Waals surface area contributed by atoms with E-state index in [0.717, 1.165) is 51.0 Å². The Morgan fingerprint density at radius 2 is 1.71 bits per heavy atom. The molecule has 4 N–H and O–H groups in total. The van der Waals surface area contributed by atoms with Crippen LogP contribution in [0.25, 0.3) is 22.4 Å². The lowest BCUT2D eigenvalue weighted by atomic mass is 10.1. The maximum atomic E-state index is 11.0.